The van der Waals surface area contributed by atoms with Gasteiger partial charge in [0.2, 0.25) is 5.91 Å². The first-order chi connectivity index (χ1) is 9.88. The minimum Gasteiger partial charge on any atom is -0.339 e. The molecule has 1 saturated heterocycles. The molecule has 1 aliphatic rings. The van der Waals surface area contributed by atoms with Gasteiger partial charge in [-0.25, -0.2) is 8.42 Å². The van der Waals surface area contributed by atoms with E-state index in [9.17, 15) is 13.2 Å². The van der Waals surface area contributed by atoms with E-state index in [4.69, 9.17) is 0 Å². The van der Waals surface area contributed by atoms with Crippen LogP contribution in [0.25, 0.3) is 0 Å². The van der Waals surface area contributed by atoms with E-state index in [1.54, 1.807) is 11.1 Å². The maximum Gasteiger partial charge on any atom is 0.240 e. The third-order valence-corrected chi connectivity index (χ3v) is 5.27. The molecule has 0 spiro atoms. The lowest BCUT2D eigenvalue weighted by Crippen LogP contribution is -2.51. The number of carbonyl (C=O) groups excluding carboxylic acids is 1. The van der Waals surface area contributed by atoms with E-state index in [0.29, 0.717) is 13.1 Å². The molecular formula is C14H21N3O3S. The van der Waals surface area contributed by atoms with Gasteiger partial charge in [-0.15, -0.1) is 0 Å². The van der Waals surface area contributed by atoms with Gasteiger partial charge in [-0.1, -0.05) is 6.07 Å². The number of piperazine rings is 1. The molecule has 2 heterocycles. The predicted molar refractivity (Wildman–Crippen MR) is 80.4 cm³/mol. The van der Waals surface area contributed by atoms with E-state index in [-0.39, 0.29) is 5.91 Å². The number of hydrogen-bond acceptors (Lipinski definition) is 5. The Bertz CT molecular complexity index is 581. The van der Waals surface area contributed by atoms with Crippen molar-refractivity contribution < 1.29 is 13.2 Å². The van der Waals surface area contributed by atoms with Crippen molar-refractivity contribution in [1.82, 2.24) is 14.8 Å². The minimum absolute atomic E-state index is 0.296. The highest BCUT2D eigenvalue weighted by Crippen LogP contribution is 2.10. The zero-order valence-electron chi connectivity index (χ0n) is 12.4. The standard InChI is InChI=1S/C14H21N3O3S/c1-12(21(2,19)20)14(18)17-9-7-16(8-10-17)11-13-5-3-4-6-15-13/h3-6,12H,7-11H2,1-2H3. The largest absolute Gasteiger partial charge is 0.339 e. The average Bonchev–Trinajstić information content (AvgIpc) is 2.46. The van der Waals surface area contributed by atoms with Crippen molar-refractivity contribution >= 4 is 15.7 Å². The molecule has 1 aromatic heterocycles. The Hall–Kier alpha value is -1.47. The zero-order chi connectivity index (χ0) is 15.5. The van der Waals surface area contributed by atoms with Crippen molar-refractivity contribution in [2.45, 2.75) is 18.7 Å². The molecule has 0 bridgehead atoms. The van der Waals surface area contributed by atoms with E-state index >= 15 is 0 Å². The van der Waals surface area contributed by atoms with Crippen LogP contribution < -0.4 is 0 Å². The summed E-state index contributed by atoms with van der Waals surface area (Å²) in [5.74, 6) is -0.296. The number of rotatable bonds is 4. The number of carbonyl (C=O) groups is 1. The molecule has 1 unspecified atom stereocenters. The normalized spacial score (nSPS) is 18.5. The van der Waals surface area contributed by atoms with Crippen molar-refractivity contribution in [3.05, 3.63) is 30.1 Å². The Kier molecular flexibility index (Phi) is 4.95. The van der Waals surface area contributed by atoms with Crippen LogP contribution in [-0.4, -0.2) is 66.8 Å². The van der Waals surface area contributed by atoms with Gasteiger partial charge in [-0.3, -0.25) is 14.7 Å². The summed E-state index contributed by atoms with van der Waals surface area (Å²) < 4.78 is 22.9. The van der Waals surface area contributed by atoms with Gasteiger partial charge < -0.3 is 4.90 Å². The fraction of sp³-hybridized carbons (Fsp3) is 0.571. The van der Waals surface area contributed by atoms with Crippen molar-refractivity contribution in [3.8, 4) is 0 Å². The summed E-state index contributed by atoms with van der Waals surface area (Å²) in [6, 6.07) is 5.81. The van der Waals surface area contributed by atoms with E-state index in [2.05, 4.69) is 9.88 Å². The number of pyridine rings is 1. The molecule has 0 radical (unpaired) electrons. The molecule has 0 aliphatic carbocycles. The van der Waals surface area contributed by atoms with Crippen LogP contribution in [0.2, 0.25) is 0 Å². The van der Waals surface area contributed by atoms with Gasteiger partial charge in [0, 0.05) is 45.2 Å². The molecule has 6 nitrogen and oxygen atoms in total. The van der Waals surface area contributed by atoms with Crippen LogP contribution in [0.3, 0.4) is 0 Å². The molecule has 21 heavy (non-hydrogen) atoms. The summed E-state index contributed by atoms with van der Waals surface area (Å²) in [5, 5.41) is -0.958. The summed E-state index contributed by atoms with van der Waals surface area (Å²) in [4.78, 5) is 20.3. The van der Waals surface area contributed by atoms with Crippen LogP contribution in [0, 0.1) is 0 Å². The number of sulfone groups is 1. The molecule has 0 saturated carbocycles. The lowest BCUT2D eigenvalue weighted by molar-refractivity contribution is -0.132. The minimum atomic E-state index is -3.33. The van der Waals surface area contributed by atoms with Crippen LogP contribution in [-0.2, 0) is 21.2 Å². The van der Waals surface area contributed by atoms with Crippen molar-refractivity contribution in [2.24, 2.45) is 0 Å². The van der Waals surface area contributed by atoms with Gasteiger partial charge >= 0.3 is 0 Å². The Morgan fingerprint density at radius 3 is 2.48 bits per heavy atom. The molecule has 116 valence electrons. The predicted octanol–water partition coefficient (Wildman–Crippen LogP) is 0.159. The highest BCUT2D eigenvalue weighted by Gasteiger charge is 2.30. The molecular weight excluding hydrogens is 290 g/mol. The lowest BCUT2D eigenvalue weighted by Gasteiger charge is -2.35. The van der Waals surface area contributed by atoms with Crippen molar-refractivity contribution in [2.75, 3.05) is 32.4 Å². The quantitative estimate of drug-likeness (QED) is 0.792. The fourth-order valence-electron chi connectivity index (χ4n) is 2.29. The van der Waals surface area contributed by atoms with E-state index < -0.39 is 15.1 Å². The second-order valence-corrected chi connectivity index (χ2v) is 7.76. The second kappa shape index (κ2) is 6.53. The molecule has 1 fully saturated rings. The van der Waals surface area contributed by atoms with Crippen molar-refractivity contribution in [1.29, 1.82) is 0 Å². The third-order valence-electron chi connectivity index (χ3n) is 3.79. The maximum atomic E-state index is 12.1. The van der Waals surface area contributed by atoms with Crippen LogP contribution in [0.5, 0.6) is 0 Å². The van der Waals surface area contributed by atoms with Crippen LogP contribution in [0.4, 0.5) is 0 Å². The zero-order valence-corrected chi connectivity index (χ0v) is 13.2. The van der Waals surface area contributed by atoms with E-state index in [0.717, 1.165) is 31.6 Å². The van der Waals surface area contributed by atoms with Gasteiger partial charge in [0.25, 0.3) is 0 Å². The lowest BCUT2D eigenvalue weighted by atomic mass is 10.2. The van der Waals surface area contributed by atoms with E-state index in [1.165, 1.54) is 6.92 Å². The number of nitrogens with zero attached hydrogens (tertiary/aromatic N) is 3. The first-order valence-corrected chi connectivity index (χ1v) is 8.93. The average molecular weight is 311 g/mol. The third kappa shape index (κ3) is 4.25. The SMILES string of the molecule is CC(C(=O)N1CCN(Cc2ccccn2)CC1)S(C)(=O)=O. The highest BCUT2D eigenvalue weighted by atomic mass is 32.2. The summed E-state index contributed by atoms with van der Waals surface area (Å²) in [6.07, 6.45) is 2.87. The van der Waals surface area contributed by atoms with Gasteiger partial charge in [-0.05, 0) is 19.1 Å². The van der Waals surface area contributed by atoms with Gasteiger partial charge in [-0.2, -0.15) is 0 Å². The van der Waals surface area contributed by atoms with Gasteiger partial charge in [0.15, 0.2) is 9.84 Å². The van der Waals surface area contributed by atoms with Crippen LogP contribution in [0.15, 0.2) is 24.4 Å². The topological polar surface area (TPSA) is 70.6 Å². The highest BCUT2D eigenvalue weighted by molar-refractivity contribution is 7.92. The fourth-order valence-corrected chi connectivity index (χ4v) is 2.80. The molecule has 1 aliphatic heterocycles. The molecule has 1 amide bonds. The molecule has 0 N–H and O–H groups in total. The molecule has 7 heteroatoms. The number of amides is 1. The number of aromatic nitrogens is 1. The first kappa shape index (κ1) is 15.9. The molecule has 1 atom stereocenters. The Morgan fingerprint density at radius 2 is 1.95 bits per heavy atom. The molecule has 0 aromatic carbocycles. The first-order valence-electron chi connectivity index (χ1n) is 6.98. The van der Waals surface area contributed by atoms with E-state index in [1.807, 2.05) is 18.2 Å². The van der Waals surface area contributed by atoms with Crippen LogP contribution >= 0.6 is 0 Å². The maximum absolute atomic E-state index is 12.1. The number of hydrogen-bond donors (Lipinski definition) is 0. The Labute approximate surface area is 125 Å². The van der Waals surface area contributed by atoms with Crippen molar-refractivity contribution in [3.63, 3.8) is 0 Å². The van der Waals surface area contributed by atoms with Gasteiger partial charge in [0.05, 0.1) is 5.69 Å². The summed E-state index contributed by atoms with van der Waals surface area (Å²) in [5.41, 5.74) is 1.00. The molecule has 1 aromatic rings. The smallest absolute Gasteiger partial charge is 0.240 e. The Morgan fingerprint density at radius 1 is 1.29 bits per heavy atom. The second-order valence-electron chi connectivity index (χ2n) is 5.39. The van der Waals surface area contributed by atoms with Crippen LogP contribution in [0.1, 0.15) is 12.6 Å². The molecule has 2 rings (SSSR count). The summed E-state index contributed by atoms with van der Waals surface area (Å²) >= 11 is 0. The summed E-state index contributed by atoms with van der Waals surface area (Å²) in [7, 11) is -3.33. The summed E-state index contributed by atoms with van der Waals surface area (Å²) in [6.45, 7) is 4.80. The van der Waals surface area contributed by atoms with Gasteiger partial charge in [0.1, 0.15) is 5.25 Å². The Balaban J connectivity index is 1.87. The monoisotopic (exact) mass is 311 g/mol.